The molecule has 112 valence electrons. The average Bonchev–Trinajstić information content (AvgIpc) is 3.10. The van der Waals surface area contributed by atoms with Crippen molar-refractivity contribution in [2.24, 2.45) is 0 Å². The number of anilines is 1. The van der Waals surface area contributed by atoms with E-state index in [9.17, 15) is 4.79 Å². The molecule has 4 rings (SSSR count). The fourth-order valence-corrected chi connectivity index (χ4v) is 3.58. The van der Waals surface area contributed by atoms with E-state index in [2.05, 4.69) is 10.3 Å². The SMILES string of the molecule is O=C1c2ccccc2N[C@@H](c2ccccn2)N1C1CCCC1. The van der Waals surface area contributed by atoms with Crippen LogP contribution in [0, 0.1) is 0 Å². The highest BCUT2D eigenvalue weighted by Crippen LogP contribution is 2.37. The Labute approximate surface area is 130 Å². The van der Waals surface area contributed by atoms with E-state index < -0.39 is 0 Å². The van der Waals surface area contributed by atoms with Crippen molar-refractivity contribution in [1.82, 2.24) is 9.88 Å². The van der Waals surface area contributed by atoms with Gasteiger partial charge in [0.2, 0.25) is 0 Å². The Bertz CT molecular complexity index is 680. The first kappa shape index (κ1) is 13.3. The topological polar surface area (TPSA) is 45.2 Å². The van der Waals surface area contributed by atoms with E-state index in [4.69, 9.17) is 0 Å². The fraction of sp³-hybridized carbons (Fsp3) is 0.333. The van der Waals surface area contributed by atoms with Gasteiger partial charge in [0.1, 0.15) is 6.17 Å². The summed E-state index contributed by atoms with van der Waals surface area (Å²) >= 11 is 0. The molecule has 4 nitrogen and oxygen atoms in total. The van der Waals surface area contributed by atoms with Crippen LogP contribution in [0.15, 0.2) is 48.7 Å². The highest BCUT2D eigenvalue weighted by molar-refractivity contribution is 6.01. The van der Waals surface area contributed by atoms with E-state index >= 15 is 0 Å². The Morgan fingerprint density at radius 2 is 1.82 bits per heavy atom. The van der Waals surface area contributed by atoms with E-state index in [1.165, 1.54) is 12.8 Å². The molecule has 2 aliphatic rings. The Hall–Kier alpha value is -2.36. The summed E-state index contributed by atoms with van der Waals surface area (Å²) in [6, 6.07) is 13.9. The number of nitrogens with zero attached hydrogens (tertiary/aromatic N) is 2. The van der Waals surface area contributed by atoms with Crippen LogP contribution in [0.4, 0.5) is 5.69 Å². The standard InChI is InChI=1S/C18H19N3O/c22-18-14-9-3-4-10-15(14)20-17(16-11-5-6-12-19-16)21(18)13-7-1-2-8-13/h3-6,9-13,17,20H,1-2,7-8H2/t17-/m1/s1. The molecule has 1 N–H and O–H groups in total. The van der Waals surface area contributed by atoms with Gasteiger partial charge in [-0.1, -0.05) is 31.0 Å². The Balaban J connectivity index is 1.79. The summed E-state index contributed by atoms with van der Waals surface area (Å²) in [5.41, 5.74) is 2.57. The number of carbonyl (C=O) groups is 1. The lowest BCUT2D eigenvalue weighted by Gasteiger charge is -2.41. The number of benzene rings is 1. The summed E-state index contributed by atoms with van der Waals surface area (Å²) in [5.74, 6) is 0.122. The van der Waals surface area contributed by atoms with Crippen LogP contribution in [0.3, 0.4) is 0 Å². The smallest absolute Gasteiger partial charge is 0.258 e. The van der Waals surface area contributed by atoms with Gasteiger partial charge < -0.3 is 10.2 Å². The molecule has 1 aliphatic carbocycles. The third-order valence-corrected chi connectivity index (χ3v) is 4.65. The number of aromatic nitrogens is 1. The minimum Gasteiger partial charge on any atom is -0.359 e. The number of hydrogen-bond donors (Lipinski definition) is 1. The molecule has 1 aliphatic heterocycles. The maximum atomic E-state index is 13.0. The first-order chi connectivity index (χ1) is 10.8. The van der Waals surface area contributed by atoms with Crippen LogP contribution in [0.25, 0.3) is 0 Å². The van der Waals surface area contributed by atoms with Gasteiger partial charge in [0.05, 0.1) is 11.3 Å². The minimum atomic E-state index is -0.174. The molecule has 22 heavy (non-hydrogen) atoms. The fourth-order valence-electron chi connectivity index (χ4n) is 3.58. The molecule has 1 amide bonds. The van der Waals surface area contributed by atoms with Crippen LogP contribution in [0.2, 0.25) is 0 Å². The van der Waals surface area contributed by atoms with Gasteiger partial charge in [-0.05, 0) is 37.1 Å². The number of fused-ring (bicyclic) bond motifs is 1. The van der Waals surface area contributed by atoms with Gasteiger partial charge >= 0.3 is 0 Å². The lowest BCUT2D eigenvalue weighted by Crippen LogP contribution is -2.48. The normalized spacial score (nSPS) is 21.5. The molecule has 0 bridgehead atoms. The van der Waals surface area contributed by atoms with Crippen LogP contribution >= 0.6 is 0 Å². The summed E-state index contributed by atoms with van der Waals surface area (Å²) < 4.78 is 0. The largest absolute Gasteiger partial charge is 0.359 e. The van der Waals surface area contributed by atoms with Crippen molar-refractivity contribution in [3.05, 3.63) is 59.9 Å². The number of hydrogen-bond acceptors (Lipinski definition) is 3. The molecule has 1 saturated carbocycles. The molecule has 1 atom stereocenters. The Morgan fingerprint density at radius 3 is 2.59 bits per heavy atom. The molecule has 0 unspecified atom stereocenters. The van der Waals surface area contributed by atoms with Crippen molar-refractivity contribution in [3.63, 3.8) is 0 Å². The number of nitrogens with one attached hydrogen (secondary N) is 1. The maximum Gasteiger partial charge on any atom is 0.258 e. The van der Waals surface area contributed by atoms with Crippen LogP contribution in [-0.4, -0.2) is 21.8 Å². The highest BCUT2D eigenvalue weighted by Gasteiger charge is 2.38. The van der Waals surface area contributed by atoms with Crippen molar-refractivity contribution in [3.8, 4) is 0 Å². The number of pyridine rings is 1. The van der Waals surface area contributed by atoms with E-state index in [1.54, 1.807) is 6.20 Å². The number of para-hydroxylation sites is 1. The average molecular weight is 293 g/mol. The van der Waals surface area contributed by atoms with E-state index in [0.29, 0.717) is 6.04 Å². The molecule has 1 aromatic heterocycles. The second kappa shape index (κ2) is 5.44. The van der Waals surface area contributed by atoms with E-state index in [0.717, 1.165) is 29.8 Å². The van der Waals surface area contributed by atoms with Crippen molar-refractivity contribution in [2.45, 2.75) is 37.9 Å². The zero-order valence-corrected chi connectivity index (χ0v) is 12.4. The number of amides is 1. The van der Waals surface area contributed by atoms with Gasteiger partial charge in [0.15, 0.2) is 0 Å². The van der Waals surface area contributed by atoms with Crippen LogP contribution in [0.1, 0.15) is 47.9 Å². The third kappa shape index (κ3) is 2.15. The van der Waals surface area contributed by atoms with Gasteiger partial charge in [0, 0.05) is 17.9 Å². The summed E-state index contributed by atoms with van der Waals surface area (Å²) in [7, 11) is 0. The van der Waals surface area contributed by atoms with E-state index in [1.807, 2.05) is 47.4 Å². The molecule has 1 fully saturated rings. The van der Waals surface area contributed by atoms with Crippen molar-refractivity contribution in [1.29, 1.82) is 0 Å². The lowest BCUT2D eigenvalue weighted by molar-refractivity contribution is 0.0580. The Kier molecular flexibility index (Phi) is 3.29. The van der Waals surface area contributed by atoms with Crippen LogP contribution in [0.5, 0.6) is 0 Å². The van der Waals surface area contributed by atoms with Gasteiger partial charge in [-0.15, -0.1) is 0 Å². The van der Waals surface area contributed by atoms with Gasteiger partial charge in [-0.25, -0.2) is 0 Å². The zero-order chi connectivity index (χ0) is 14.9. The van der Waals surface area contributed by atoms with Gasteiger partial charge in [-0.2, -0.15) is 0 Å². The Morgan fingerprint density at radius 1 is 1.05 bits per heavy atom. The molecule has 0 radical (unpaired) electrons. The lowest BCUT2D eigenvalue weighted by atomic mass is 10.0. The molecule has 1 aromatic carbocycles. The molecule has 0 spiro atoms. The summed E-state index contributed by atoms with van der Waals surface area (Å²) in [5, 5.41) is 3.51. The molecule has 0 saturated heterocycles. The second-order valence-corrected chi connectivity index (χ2v) is 6.00. The van der Waals surface area contributed by atoms with Crippen molar-refractivity contribution in [2.75, 3.05) is 5.32 Å². The number of rotatable bonds is 2. The quantitative estimate of drug-likeness (QED) is 0.920. The summed E-state index contributed by atoms with van der Waals surface area (Å²) in [4.78, 5) is 19.5. The monoisotopic (exact) mass is 293 g/mol. The molecule has 4 heteroatoms. The maximum absolute atomic E-state index is 13.0. The predicted molar refractivity (Wildman–Crippen MR) is 85.5 cm³/mol. The zero-order valence-electron chi connectivity index (χ0n) is 12.4. The molecule has 2 heterocycles. The minimum absolute atomic E-state index is 0.122. The first-order valence-corrected chi connectivity index (χ1v) is 7.94. The molecule has 2 aromatic rings. The summed E-state index contributed by atoms with van der Waals surface area (Å²) in [6.07, 6.45) is 6.18. The van der Waals surface area contributed by atoms with Gasteiger partial charge in [-0.3, -0.25) is 9.78 Å². The summed E-state index contributed by atoms with van der Waals surface area (Å²) in [6.45, 7) is 0. The first-order valence-electron chi connectivity index (χ1n) is 7.94. The second-order valence-electron chi connectivity index (χ2n) is 6.00. The molecular weight excluding hydrogens is 274 g/mol. The van der Waals surface area contributed by atoms with E-state index in [-0.39, 0.29) is 12.1 Å². The van der Waals surface area contributed by atoms with Crippen LogP contribution < -0.4 is 5.32 Å². The third-order valence-electron chi connectivity index (χ3n) is 4.65. The van der Waals surface area contributed by atoms with Crippen LogP contribution in [-0.2, 0) is 0 Å². The van der Waals surface area contributed by atoms with Crippen molar-refractivity contribution >= 4 is 11.6 Å². The predicted octanol–water partition coefficient (Wildman–Crippen LogP) is 3.59. The number of carbonyl (C=O) groups excluding carboxylic acids is 1. The van der Waals surface area contributed by atoms with Crippen molar-refractivity contribution < 1.29 is 4.79 Å². The highest BCUT2D eigenvalue weighted by atomic mass is 16.2. The van der Waals surface area contributed by atoms with Gasteiger partial charge in [0.25, 0.3) is 5.91 Å². The molecular formula is C18H19N3O.